The highest BCUT2D eigenvalue weighted by atomic mass is 127. The zero-order valence-corrected chi connectivity index (χ0v) is 11.0. The monoisotopic (exact) mass is 303 g/mol. The van der Waals surface area contributed by atoms with Crippen molar-refractivity contribution in [1.82, 2.24) is 5.32 Å². The number of benzene rings is 1. The van der Waals surface area contributed by atoms with Gasteiger partial charge in [0.1, 0.15) is 0 Å². The van der Waals surface area contributed by atoms with Crippen LogP contribution in [0.15, 0.2) is 24.3 Å². The van der Waals surface area contributed by atoms with Crippen LogP contribution in [-0.2, 0) is 6.54 Å². The smallest absolute Gasteiger partial charge is 0.0205 e. The van der Waals surface area contributed by atoms with E-state index in [2.05, 4.69) is 66.0 Å². The highest BCUT2D eigenvalue weighted by Gasteiger charge is 1.97. The van der Waals surface area contributed by atoms with Gasteiger partial charge < -0.3 is 5.32 Å². The molecule has 0 spiro atoms. The van der Waals surface area contributed by atoms with Crippen molar-refractivity contribution in [2.45, 2.75) is 26.8 Å². The molecule has 14 heavy (non-hydrogen) atoms. The standard InChI is InChI=1S/C12H18IN/c1-3-10(2)8-14-9-11-4-6-12(13)7-5-11/h4-7,10,14H,3,8-9H2,1-2H3. The van der Waals surface area contributed by atoms with E-state index >= 15 is 0 Å². The molecule has 1 N–H and O–H groups in total. The van der Waals surface area contributed by atoms with E-state index in [9.17, 15) is 0 Å². The van der Waals surface area contributed by atoms with Crippen LogP contribution >= 0.6 is 22.6 Å². The Morgan fingerprint density at radius 2 is 1.93 bits per heavy atom. The molecule has 0 radical (unpaired) electrons. The van der Waals surface area contributed by atoms with Gasteiger partial charge in [0.05, 0.1) is 0 Å². The van der Waals surface area contributed by atoms with E-state index in [1.54, 1.807) is 0 Å². The predicted octanol–water partition coefficient (Wildman–Crippen LogP) is 3.43. The van der Waals surface area contributed by atoms with E-state index < -0.39 is 0 Å². The summed E-state index contributed by atoms with van der Waals surface area (Å²) in [5.41, 5.74) is 1.37. The minimum Gasteiger partial charge on any atom is -0.312 e. The molecule has 0 fully saturated rings. The first-order valence-electron chi connectivity index (χ1n) is 5.17. The second-order valence-electron chi connectivity index (χ2n) is 3.77. The predicted molar refractivity (Wildman–Crippen MR) is 70.3 cm³/mol. The molecule has 1 unspecified atom stereocenters. The molecular weight excluding hydrogens is 285 g/mol. The largest absolute Gasteiger partial charge is 0.312 e. The van der Waals surface area contributed by atoms with Crippen molar-refractivity contribution in [2.75, 3.05) is 6.54 Å². The molecule has 0 aromatic heterocycles. The maximum atomic E-state index is 3.47. The number of halogens is 1. The summed E-state index contributed by atoms with van der Waals surface area (Å²) in [5.74, 6) is 0.777. The number of hydrogen-bond acceptors (Lipinski definition) is 1. The van der Waals surface area contributed by atoms with Crippen molar-refractivity contribution in [3.63, 3.8) is 0 Å². The summed E-state index contributed by atoms with van der Waals surface area (Å²) in [7, 11) is 0. The molecule has 1 atom stereocenters. The Morgan fingerprint density at radius 1 is 1.29 bits per heavy atom. The molecule has 0 aliphatic carbocycles. The maximum absolute atomic E-state index is 3.47. The van der Waals surface area contributed by atoms with Crippen LogP contribution in [0, 0.1) is 9.49 Å². The summed E-state index contributed by atoms with van der Waals surface area (Å²) in [4.78, 5) is 0. The minimum absolute atomic E-state index is 0.777. The zero-order valence-electron chi connectivity index (χ0n) is 8.89. The summed E-state index contributed by atoms with van der Waals surface area (Å²) in [6, 6.07) is 8.68. The normalized spacial score (nSPS) is 12.8. The zero-order chi connectivity index (χ0) is 10.4. The van der Waals surface area contributed by atoms with Gasteiger partial charge in [-0.25, -0.2) is 0 Å². The first kappa shape index (κ1) is 12.0. The third-order valence-corrected chi connectivity index (χ3v) is 3.15. The van der Waals surface area contributed by atoms with E-state index in [4.69, 9.17) is 0 Å². The average Bonchev–Trinajstić information content (AvgIpc) is 2.21. The lowest BCUT2D eigenvalue weighted by atomic mass is 10.1. The van der Waals surface area contributed by atoms with Gasteiger partial charge in [0, 0.05) is 10.1 Å². The summed E-state index contributed by atoms with van der Waals surface area (Å²) in [6.07, 6.45) is 1.25. The Hall–Kier alpha value is -0.0900. The summed E-state index contributed by atoms with van der Waals surface area (Å²) in [6.45, 7) is 6.61. The Bertz CT molecular complexity index is 256. The molecule has 0 heterocycles. The van der Waals surface area contributed by atoms with Gasteiger partial charge in [-0.15, -0.1) is 0 Å². The molecule has 0 aliphatic heterocycles. The van der Waals surface area contributed by atoms with Gasteiger partial charge in [0.25, 0.3) is 0 Å². The summed E-state index contributed by atoms with van der Waals surface area (Å²) < 4.78 is 1.30. The van der Waals surface area contributed by atoms with Crippen LogP contribution in [0.5, 0.6) is 0 Å². The number of hydrogen-bond donors (Lipinski definition) is 1. The Balaban J connectivity index is 2.28. The van der Waals surface area contributed by atoms with Crippen molar-refractivity contribution in [1.29, 1.82) is 0 Å². The molecule has 2 heteroatoms. The van der Waals surface area contributed by atoms with Gasteiger partial charge >= 0.3 is 0 Å². The lowest BCUT2D eigenvalue weighted by molar-refractivity contribution is 0.500. The quantitative estimate of drug-likeness (QED) is 0.822. The van der Waals surface area contributed by atoms with Crippen LogP contribution in [0.4, 0.5) is 0 Å². The highest BCUT2D eigenvalue weighted by molar-refractivity contribution is 14.1. The summed E-state index contributed by atoms with van der Waals surface area (Å²) in [5, 5.41) is 3.47. The Kier molecular flexibility index (Phi) is 5.48. The van der Waals surface area contributed by atoms with Gasteiger partial charge in [-0.2, -0.15) is 0 Å². The molecular formula is C12H18IN. The second kappa shape index (κ2) is 6.40. The van der Waals surface area contributed by atoms with E-state index in [0.29, 0.717) is 0 Å². The molecule has 78 valence electrons. The van der Waals surface area contributed by atoms with Gasteiger partial charge in [-0.3, -0.25) is 0 Å². The van der Waals surface area contributed by atoms with Crippen LogP contribution in [-0.4, -0.2) is 6.54 Å². The van der Waals surface area contributed by atoms with Crippen LogP contribution in [0.3, 0.4) is 0 Å². The molecule has 1 aromatic carbocycles. The molecule has 0 saturated carbocycles. The van der Waals surface area contributed by atoms with Gasteiger partial charge in [0.2, 0.25) is 0 Å². The lowest BCUT2D eigenvalue weighted by Crippen LogP contribution is -2.20. The van der Waals surface area contributed by atoms with Crippen LogP contribution in [0.25, 0.3) is 0 Å². The SMILES string of the molecule is CCC(C)CNCc1ccc(I)cc1. The highest BCUT2D eigenvalue weighted by Crippen LogP contribution is 2.06. The van der Waals surface area contributed by atoms with Crippen molar-refractivity contribution in [3.05, 3.63) is 33.4 Å². The first-order valence-corrected chi connectivity index (χ1v) is 6.25. The van der Waals surface area contributed by atoms with E-state index in [1.807, 2.05) is 0 Å². The van der Waals surface area contributed by atoms with Crippen LogP contribution in [0.2, 0.25) is 0 Å². The fourth-order valence-corrected chi connectivity index (χ4v) is 1.57. The maximum Gasteiger partial charge on any atom is 0.0205 e. The molecule has 0 bridgehead atoms. The van der Waals surface area contributed by atoms with E-state index in [-0.39, 0.29) is 0 Å². The molecule has 0 saturated heterocycles. The van der Waals surface area contributed by atoms with Crippen molar-refractivity contribution in [3.8, 4) is 0 Å². The van der Waals surface area contributed by atoms with Crippen LogP contribution in [0.1, 0.15) is 25.8 Å². The van der Waals surface area contributed by atoms with Crippen molar-refractivity contribution >= 4 is 22.6 Å². The van der Waals surface area contributed by atoms with Gasteiger partial charge in [-0.05, 0) is 52.7 Å². The Morgan fingerprint density at radius 3 is 2.50 bits per heavy atom. The molecule has 1 rings (SSSR count). The first-order chi connectivity index (χ1) is 6.72. The molecule has 1 aromatic rings. The summed E-state index contributed by atoms with van der Waals surface area (Å²) >= 11 is 2.33. The van der Waals surface area contributed by atoms with E-state index in [1.165, 1.54) is 15.6 Å². The fourth-order valence-electron chi connectivity index (χ4n) is 1.21. The minimum atomic E-state index is 0.777. The molecule has 0 amide bonds. The second-order valence-corrected chi connectivity index (χ2v) is 5.02. The molecule has 1 nitrogen and oxygen atoms in total. The topological polar surface area (TPSA) is 12.0 Å². The Labute approximate surface area is 100 Å². The van der Waals surface area contributed by atoms with Crippen molar-refractivity contribution in [2.24, 2.45) is 5.92 Å². The number of rotatable bonds is 5. The lowest BCUT2D eigenvalue weighted by Gasteiger charge is -2.09. The van der Waals surface area contributed by atoms with Crippen molar-refractivity contribution < 1.29 is 0 Å². The number of nitrogens with one attached hydrogen (secondary N) is 1. The van der Waals surface area contributed by atoms with Gasteiger partial charge in [0.15, 0.2) is 0 Å². The molecule has 0 aliphatic rings. The van der Waals surface area contributed by atoms with E-state index in [0.717, 1.165) is 19.0 Å². The fraction of sp³-hybridized carbons (Fsp3) is 0.500. The third-order valence-electron chi connectivity index (χ3n) is 2.43. The third kappa shape index (κ3) is 4.42. The average molecular weight is 303 g/mol. The van der Waals surface area contributed by atoms with Crippen LogP contribution < -0.4 is 5.32 Å². The van der Waals surface area contributed by atoms with Gasteiger partial charge in [-0.1, -0.05) is 32.4 Å².